The lowest BCUT2D eigenvalue weighted by atomic mass is 10.0. The predicted octanol–water partition coefficient (Wildman–Crippen LogP) is 3.30. The lowest BCUT2D eigenvalue weighted by Gasteiger charge is -2.19. The van der Waals surface area contributed by atoms with E-state index in [1.54, 1.807) is 0 Å². The molecular formula is C19H26N4. The van der Waals surface area contributed by atoms with Gasteiger partial charge in [-0.05, 0) is 61.2 Å². The van der Waals surface area contributed by atoms with Crippen molar-refractivity contribution in [1.82, 2.24) is 5.32 Å². The minimum Gasteiger partial charge on any atom is -0.399 e. The third-order valence-corrected chi connectivity index (χ3v) is 4.60. The van der Waals surface area contributed by atoms with Crippen LogP contribution in [0.2, 0.25) is 0 Å². The Morgan fingerprint density at radius 2 is 1.74 bits per heavy atom. The van der Waals surface area contributed by atoms with Crippen LogP contribution < -0.4 is 21.7 Å². The van der Waals surface area contributed by atoms with E-state index in [1.807, 2.05) is 18.2 Å². The molecule has 1 heterocycles. The second kappa shape index (κ2) is 6.92. The fourth-order valence-electron chi connectivity index (χ4n) is 3.15. The largest absolute Gasteiger partial charge is 0.399 e. The quantitative estimate of drug-likeness (QED) is 0.741. The molecule has 1 unspecified atom stereocenters. The molecule has 0 aliphatic carbocycles. The van der Waals surface area contributed by atoms with Crippen LogP contribution in [0.1, 0.15) is 36.9 Å². The summed E-state index contributed by atoms with van der Waals surface area (Å²) in [6.07, 6.45) is 2.62. The van der Waals surface area contributed by atoms with Gasteiger partial charge < -0.3 is 21.7 Å². The molecule has 4 heteroatoms. The molecule has 4 nitrogen and oxygen atoms in total. The maximum atomic E-state index is 6.05. The van der Waals surface area contributed by atoms with Crippen molar-refractivity contribution in [3.63, 3.8) is 0 Å². The molecule has 1 atom stereocenters. The number of nitrogens with one attached hydrogen (secondary N) is 1. The average Bonchev–Trinajstić information content (AvgIpc) is 3.10. The molecule has 1 saturated heterocycles. The molecule has 2 aromatic carbocycles. The molecule has 122 valence electrons. The maximum Gasteiger partial charge on any atom is 0.0366 e. The second-order valence-electron chi connectivity index (χ2n) is 6.35. The van der Waals surface area contributed by atoms with Gasteiger partial charge in [-0.1, -0.05) is 12.1 Å². The monoisotopic (exact) mass is 310 g/mol. The van der Waals surface area contributed by atoms with Gasteiger partial charge in [-0.15, -0.1) is 0 Å². The summed E-state index contributed by atoms with van der Waals surface area (Å²) in [6.45, 7) is 5.30. The molecule has 3 rings (SSSR count). The van der Waals surface area contributed by atoms with Gasteiger partial charge in [-0.25, -0.2) is 0 Å². The van der Waals surface area contributed by atoms with E-state index in [-0.39, 0.29) is 6.04 Å². The lowest BCUT2D eigenvalue weighted by Crippen LogP contribution is -2.20. The van der Waals surface area contributed by atoms with E-state index in [1.165, 1.54) is 37.2 Å². The van der Waals surface area contributed by atoms with Crippen LogP contribution in [0.3, 0.4) is 0 Å². The van der Waals surface area contributed by atoms with E-state index < -0.39 is 0 Å². The normalized spacial score (nSPS) is 15.8. The Balaban J connectivity index is 1.60. The summed E-state index contributed by atoms with van der Waals surface area (Å²) in [5.41, 5.74) is 17.1. The molecule has 0 bridgehead atoms. The Morgan fingerprint density at radius 3 is 2.43 bits per heavy atom. The highest BCUT2D eigenvalue weighted by atomic mass is 15.1. The first-order valence-electron chi connectivity index (χ1n) is 8.35. The summed E-state index contributed by atoms with van der Waals surface area (Å²) in [6, 6.07) is 14.7. The smallest absolute Gasteiger partial charge is 0.0366 e. The van der Waals surface area contributed by atoms with Crippen LogP contribution in [-0.4, -0.2) is 13.1 Å². The third kappa shape index (κ3) is 3.77. The average molecular weight is 310 g/mol. The van der Waals surface area contributed by atoms with Gasteiger partial charge in [0.15, 0.2) is 0 Å². The number of hydrogen-bond acceptors (Lipinski definition) is 4. The number of nitrogens with two attached hydrogens (primary N) is 2. The molecule has 23 heavy (non-hydrogen) atoms. The summed E-state index contributed by atoms with van der Waals surface area (Å²) in [7, 11) is 0. The van der Waals surface area contributed by atoms with E-state index in [9.17, 15) is 0 Å². The molecule has 2 aromatic rings. The van der Waals surface area contributed by atoms with Gasteiger partial charge in [0.25, 0.3) is 0 Å². The number of anilines is 3. The highest BCUT2D eigenvalue weighted by Gasteiger charge is 2.12. The van der Waals surface area contributed by atoms with E-state index >= 15 is 0 Å². The van der Waals surface area contributed by atoms with Crippen LogP contribution in [0.4, 0.5) is 17.1 Å². The van der Waals surface area contributed by atoms with Crippen molar-refractivity contribution >= 4 is 17.1 Å². The molecule has 0 aromatic heterocycles. The van der Waals surface area contributed by atoms with Crippen molar-refractivity contribution in [3.8, 4) is 0 Å². The minimum absolute atomic E-state index is 0.164. The predicted molar refractivity (Wildman–Crippen MR) is 98.4 cm³/mol. The summed E-state index contributed by atoms with van der Waals surface area (Å²) in [4.78, 5) is 2.45. The van der Waals surface area contributed by atoms with Crippen LogP contribution >= 0.6 is 0 Å². The summed E-state index contributed by atoms with van der Waals surface area (Å²) < 4.78 is 0. The van der Waals surface area contributed by atoms with Crippen LogP contribution in [-0.2, 0) is 6.54 Å². The van der Waals surface area contributed by atoms with Crippen LogP contribution in [0.5, 0.6) is 0 Å². The Labute approximate surface area is 138 Å². The van der Waals surface area contributed by atoms with Gasteiger partial charge in [-0.2, -0.15) is 0 Å². The number of rotatable bonds is 5. The standard InChI is InChI=1S/C19H26N4/c1-14(18-12-16(20)6-9-19(18)21)22-13-15-4-7-17(8-5-15)23-10-2-3-11-23/h4-9,12,14,22H,2-3,10-11,13,20-21H2,1H3. The second-order valence-corrected chi connectivity index (χ2v) is 6.35. The van der Waals surface area contributed by atoms with Crippen molar-refractivity contribution in [2.45, 2.75) is 32.4 Å². The van der Waals surface area contributed by atoms with Gasteiger partial charge in [0, 0.05) is 42.7 Å². The van der Waals surface area contributed by atoms with Crippen molar-refractivity contribution < 1.29 is 0 Å². The molecular weight excluding hydrogens is 284 g/mol. The Hall–Kier alpha value is -2.20. The first-order chi connectivity index (χ1) is 11.1. The van der Waals surface area contributed by atoms with Crippen molar-refractivity contribution in [1.29, 1.82) is 0 Å². The Kier molecular flexibility index (Phi) is 4.72. The zero-order valence-corrected chi connectivity index (χ0v) is 13.8. The van der Waals surface area contributed by atoms with Crippen LogP contribution in [0, 0.1) is 0 Å². The third-order valence-electron chi connectivity index (χ3n) is 4.60. The van der Waals surface area contributed by atoms with Crippen molar-refractivity contribution in [2.75, 3.05) is 29.5 Å². The first-order valence-corrected chi connectivity index (χ1v) is 8.35. The fourth-order valence-corrected chi connectivity index (χ4v) is 3.15. The summed E-state index contributed by atoms with van der Waals surface area (Å²) in [5, 5.41) is 3.52. The minimum atomic E-state index is 0.164. The Morgan fingerprint density at radius 1 is 1.04 bits per heavy atom. The summed E-state index contributed by atoms with van der Waals surface area (Å²) in [5.74, 6) is 0. The molecule has 1 fully saturated rings. The molecule has 0 saturated carbocycles. The van der Waals surface area contributed by atoms with E-state index in [0.717, 1.165) is 23.5 Å². The molecule has 0 spiro atoms. The fraction of sp³-hybridized carbons (Fsp3) is 0.368. The van der Waals surface area contributed by atoms with Crippen molar-refractivity contribution in [2.24, 2.45) is 0 Å². The number of nitrogen functional groups attached to an aromatic ring is 2. The van der Waals surface area contributed by atoms with Gasteiger partial charge in [-0.3, -0.25) is 0 Å². The zero-order chi connectivity index (χ0) is 16.2. The molecule has 0 amide bonds. The molecule has 1 aliphatic rings. The number of nitrogens with zero attached hydrogens (tertiary/aromatic N) is 1. The van der Waals surface area contributed by atoms with Crippen molar-refractivity contribution in [3.05, 3.63) is 53.6 Å². The highest BCUT2D eigenvalue weighted by molar-refractivity contribution is 5.56. The van der Waals surface area contributed by atoms with Gasteiger partial charge >= 0.3 is 0 Å². The van der Waals surface area contributed by atoms with E-state index in [0.29, 0.717) is 0 Å². The first kappa shape index (κ1) is 15.7. The van der Waals surface area contributed by atoms with Crippen LogP contribution in [0.15, 0.2) is 42.5 Å². The van der Waals surface area contributed by atoms with E-state index in [2.05, 4.69) is 41.4 Å². The van der Waals surface area contributed by atoms with Gasteiger partial charge in [0.2, 0.25) is 0 Å². The molecule has 1 aliphatic heterocycles. The lowest BCUT2D eigenvalue weighted by molar-refractivity contribution is 0.576. The molecule has 0 radical (unpaired) electrons. The number of benzene rings is 2. The van der Waals surface area contributed by atoms with E-state index in [4.69, 9.17) is 11.5 Å². The van der Waals surface area contributed by atoms with Crippen LogP contribution in [0.25, 0.3) is 0 Å². The Bertz CT molecular complexity index is 645. The highest BCUT2D eigenvalue weighted by Crippen LogP contribution is 2.24. The topological polar surface area (TPSA) is 67.3 Å². The van der Waals surface area contributed by atoms with Gasteiger partial charge in [0.05, 0.1) is 0 Å². The maximum absolute atomic E-state index is 6.05. The number of hydrogen-bond donors (Lipinski definition) is 3. The molecule has 5 N–H and O–H groups in total. The summed E-state index contributed by atoms with van der Waals surface area (Å²) >= 11 is 0. The SMILES string of the molecule is CC(NCc1ccc(N2CCCC2)cc1)c1cc(N)ccc1N. The zero-order valence-electron chi connectivity index (χ0n) is 13.8. The van der Waals surface area contributed by atoms with Gasteiger partial charge in [0.1, 0.15) is 0 Å².